The number of rotatable bonds is 3. The van der Waals surface area contributed by atoms with Gasteiger partial charge in [-0.15, -0.1) is 12.3 Å². The molecule has 0 aliphatic rings. The maximum atomic E-state index is 11.9. The zero-order valence-electron chi connectivity index (χ0n) is 9.38. The molecule has 0 saturated carbocycles. The van der Waals surface area contributed by atoms with Crippen LogP contribution < -0.4 is 5.32 Å². The van der Waals surface area contributed by atoms with Gasteiger partial charge in [-0.2, -0.15) is 0 Å². The highest BCUT2D eigenvalue weighted by atomic mass is 127. The standard InChI is InChI=1S/C13H14INO/c1-4-6-10(3)15-13(16)11-8-5-7-9(2)12(11)14/h1,5,7-8,10H,6H2,2-3H3,(H,15,16). The third kappa shape index (κ3) is 3.24. The Bertz CT molecular complexity index is 434. The summed E-state index contributed by atoms with van der Waals surface area (Å²) in [5, 5.41) is 2.88. The van der Waals surface area contributed by atoms with Crippen molar-refractivity contribution in [2.24, 2.45) is 0 Å². The smallest absolute Gasteiger partial charge is 0.252 e. The van der Waals surface area contributed by atoms with Crippen molar-refractivity contribution in [2.45, 2.75) is 26.3 Å². The molecule has 1 aromatic carbocycles. The number of carbonyl (C=O) groups is 1. The molecule has 3 heteroatoms. The summed E-state index contributed by atoms with van der Waals surface area (Å²) in [4.78, 5) is 11.9. The van der Waals surface area contributed by atoms with E-state index in [1.165, 1.54) is 0 Å². The number of amides is 1. The van der Waals surface area contributed by atoms with Gasteiger partial charge in [-0.3, -0.25) is 4.79 Å². The number of benzene rings is 1. The van der Waals surface area contributed by atoms with E-state index in [0.717, 1.165) is 9.13 Å². The van der Waals surface area contributed by atoms with Gasteiger partial charge in [0.2, 0.25) is 0 Å². The van der Waals surface area contributed by atoms with Crippen LogP contribution in [0.3, 0.4) is 0 Å². The Morgan fingerprint density at radius 2 is 2.31 bits per heavy atom. The summed E-state index contributed by atoms with van der Waals surface area (Å²) in [6.07, 6.45) is 5.74. The molecule has 84 valence electrons. The molecule has 1 N–H and O–H groups in total. The summed E-state index contributed by atoms with van der Waals surface area (Å²) in [7, 11) is 0. The zero-order chi connectivity index (χ0) is 12.1. The first-order valence-corrected chi connectivity index (χ1v) is 6.13. The van der Waals surface area contributed by atoms with Gasteiger partial charge in [0.1, 0.15) is 0 Å². The highest BCUT2D eigenvalue weighted by Gasteiger charge is 2.12. The number of hydrogen-bond donors (Lipinski definition) is 1. The normalized spacial score (nSPS) is 11.6. The van der Waals surface area contributed by atoms with Crippen LogP contribution >= 0.6 is 22.6 Å². The predicted molar refractivity (Wildman–Crippen MR) is 74.3 cm³/mol. The Labute approximate surface area is 110 Å². The van der Waals surface area contributed by atoms with Gasteiger partial charge in [0.05, 0.1) is 5.56 Å². The van der Waals surface area contributed by atoms with E-state index >= 15 is 0 Å². The minimum Gasteiger partial charge on any atom is -0.349 e. The fourth-order valence-corrected chi connectivity index (χ4v) is 1.96. The van der Waals surface area contributed by atoms with Gasteiger partial charge in [-0.1, -0.05) is 12.1 Å². The van der Waals surface area contributed by atoms with Crippen LogP contribution in [0.25, 0.3) is 0 Å². The molecule has 1 aromatic rings. The molecule has 0 bridgehead atoms. The average molecular weight is 327 g/mol. The minimum absolute atomic E-state index is 0.00816. The fourth-order valence-electron chi connectivity index (χ4n) is 1.35. The van der Waals surface area contributed by atoms with Gasteiger partial charge < -0.3 is 5.32 Å². The van der Waals surface area contributed by atoms with E-state index in [-0.39, 0.29) is 11.9 Å². The van der Waals surface area contributed by atoms with Crippen molar-refractivity contribution in [1.29, 1.82) is 0 Å². The van der Waals surface area contributed by atoms with Crippen LogP contribution in [0.15, 0.2) is 18.2 Å². The third-order valence-corrected chi connectivity index (χ3v) is 3.67. The highest BCUT2D eigenvalue weighted by molar-refractivity contribution is 14.1. The van der Waals surface area contributed by atoms with E-state index in [9.17, 15) is 4.79 Å². The largest absolute Gasteiger partial charge is 0.349 e. The zero-order valence-corrected chi connectivity index (χ0v) is 11.5. The van der Waals surface area contributed by atoms with Crippen LogP contribution in [-0.4, -0.2) is 11.9 Å². The van der Waals surface area contributed by atoms with Crippen molar-refractivity contribution in [2.75, 3.05) is 0 Å². The van der Waals surface area contributed by atoms with Gasteiger partial charge in [-0.05, 0) is 48.1 Å². The quantitative estimate of drug-likeness (QED) is 0.671. The Morgan fingerprint density at radius 3 is 2.94 bits per heavy atom. The third-order valence-electron chi connectivity index (χ3n) is 2.24. The van der Waals surface area contributed by atoms with Crippen molar-refractivity contribution in [1.82, 2.24) is 5.32 Å². The minimum atomic E-state index is -0.0594. The molecule has 0 radical (unpaired) electrons. The fraction of sp³-hybridized carbons (Fsp3) is 0.308. The molecule has 0 heterocycles. The molecule has 0 aliphatic heterocycles. The molecule has 0 aliphatic carbocycles. The molecule has 1 atom stereocenters. The lowest BCUT2D eigenvalue weighted by Crippen LogP contribution is -2.32. The first kappa shape index (κ1) is 13.0. The lowest BCUT2D eigenvalue weighted by atomic mass is 10.1. The lowest BCUT2D eigenvalue weighted by Gasteiger charge is -2.12. The van der Waals surface area contributed by atoms with E-state index in [1.54, 1.807) is 0 Å². The second-order valence-corrected chi connectivity index (χ2v) is 4.80. The van der Waals surface area contributed by atoms with Crippen LogP contribution in [-0.2, 0) is 0 Å². The molecule has 1 rings (SSSR count). The average Bonchev–Trinajstić information content (AvgIpc) is 2.22. The van der Waals surface area contributed by atoms with Gasteiger partial charge in [0.25, 0.3) is 5.91 Å². The summed E-state index contributed by atoms with van der Waals surface area (Å²) in [5.74, 6) is 2.47. The first-order valence-electron chi connectivity index (χ1n) is 5.05. The second-order valence-electron chi connectivity index (χ2n) is 3.72. The van der Waals surface area contributed by atoms with E-state index in [2.05, 4.69) is 33.8 Å². The van der Waals surface area contributed by atoms with E-state index in [4.69, 9.17) is 6.42 Å². The summed E-state index contributed by atoms with van der Waals surface area (Å²) >= 11 is 2.19. The summed E-state index contributed by atoms with van der Waals surface area (Å²) in [5.41, 5.74) is 1.82. The number of carbonyl (C=O) groups excluding carboxylic acids is 1. The highest BCUT2D eigenvalue weighted by Crippen LogP contribution is 2.16. The summed E-state index contributed by atoms with van der Waals surface area (Å²) in [6.45, 7) is 3.89. The molecule has 1 amide bonds. The maximum Gasteiger partial charge on any atom is 0.252 e. The topological polar surface area (TPSA) is 29.1 Å². The van der Waals surface area contributed by atoms with Crippen LogP contribution in [0.5, 0.6) is 0 Å². The number of halogens is 1. The SMILES string of the molecule is C#CCC(C)NC(=O)c1cccc(C)c1I. The first-order chi connectivity index (χ1) is 7.56. The van der Waals surface area contributed by atoms with Gasteiger partial charge >= 0.3 is 0 Å². The van der Waals surface area contributed by atoms with Crippen molar-refractivity contribution < 1.29 is 4.79 Å². The van der Waals surface area contributed by atoms with Gasteiger partial charge in [-0.25, -0.2) is 0 Å². The predicted octanol–water partition coefficient (Wildman–Crippen LogP) is 2.74. The lowest BCUT2D eigenvalue weighted by molar-refractivity contribution is 0.0940. The van der Waals surface area contributed by atoms with Crippen molar-refractivity contribution >= 4 is 28.5 Å². The molecule has 16 heavy (non-hydrogen) atoms. The Kier molecular flexibility index (Phi) is 4.81. The number of nitrogens with one attached hydrogen (secondary N) is 1. The summed E-state index contributed by atoms with van der Waals surface area (Å²) in [6, 6.07) is 5.71. The second kappa shape index (κ2) is 5.90. The Balaban J connectivity index is 2.82. The van der Waals surface area contributed by atoms with Crippen molar-refractivity contribution in [3.63, 3.8) is 0 Å². The molecular formula is C13H14INO. The Morgan fingerprint density at radius 1 is 1.62 bits per heavy atom. The van der Waals surface area contributed by atoms with Crippen molar-refractivity contribution in [3.8, 4) is 12.3 Å². The Hall–Kier alpha value is -1.02. The number of terminal acetylenes is 1. The molecule has 0 aromatic heterocycles. The molecular weight excluding hydrogens is 313 g/mol. The number of aryl methyl sites for hydroxylation is 1. The van der Waals surface area contributed by atoms with E-state index in [1.807, 2.05) is 32.0 Å². The maximum absolute atomic E-state index is 11.9. The molecule has 1 unspecified atom stereocenters. The van der Waals surface area contributed by atoms with Crippen LogP contribution in [0.1, 0.15) is 29.3 Å². The molecule has 0 fully saturated rings. The van der Waals surface area contributed by atoms with E-state index < -0.39 is 0 Å². The van der Waals surface area contributed by atoms with Gasteiger partial charge in [0.15, 0.2) is 0 Å². The van der Waals surface area contributed by atoms with Crippen LogP contribution in [0.4, 0.5) is 0 Å². The van der Waals surface area contributed by atoms with Crippen LogP contribution in [0.2, 0.25) is 0 Å². The van der Waals surface area contributed by atoms with Crippen molar-refractivity contribution in [3.05, 3.63) is 32.9 Å². The molecule has 0 spiro atoms. The van der Waals surface area contributed by atoms with Gasteiger partial charge in [0, 0.05) is 16.0 Å². The number of hydrogen-bond acceptors (Lipinski definition) is 1. The van der Waals surface area contributed by atoms with Crippen LogP contribution in [0, 0.1) is 22.8 Å². The monoisotopic (exact) mass is 327 g/mol. The molecule has 2 nitrogen and oxygen atoms in total. The molecule has 0 saturated heterocycles. The van der Waals surface area contributed by atoms with E-state index in [0.29, 0.717) is 12.0 Å². The summed E-state index contributed by atoms with van der Waals surface area (Å²) < 4.78 is 0.991.